The van der Waals surface area contributed by atoms with Crippen molar-refractivity contribution in [3.63, 3.8) is 0 Å². The van der Waals surface area contributed by atoms with Gasteiger partial charge < -0.3 is 14.6 Å². The summed E-state index contributed by atoms with van der Waals surface area (Å²) in [5, 5.41) is 10.5. The molecule has 1 N–H and O–H groups in total. The van der Waals surface area contributed by atoms with Gasteiger partial charge in [-0.2, -0.15) is 0 Å². The van der Waals surface area contributed by atoms with Gasteiger partial charge in [0.05, 0.1) is 20.3 Å². The monoisotopic (exact) mass is 281 g/mol. The van der Waals surface area contributed by atoms with E-state index in [2.05, 4.69) is 25.7 Å². The maximum absolute atomic E-state index is 10.5. The van der Waals surface area contributed by atoms with Crippen molar-refractivity contribution in [3.8, 4) is 11.5 Å². The predicted octanol–water partition coefficient (Wildman–Crippen LogP) is 2.86. The van der Waals surface area contributed by atoms with Crippen LogP contribution in [0, 0.1) is 0 Å². The largest absolute Gasteiger partial charge is 0.497 e. The van der Waals surface area contributed by atoms with Crippen LogP contribution < -0.4 is 9.47 Å². The molecule has 1 aromatic rings. The van der Waals surface area contributed by atoms with Crippen molar-refractivity contribution in [3.05, 3.63) is 23.8 Å². The number of benzene rings is 1. The minimum atomic E-state index is -0.591. The Morgan fingerprint density at radius 3 is 2.40 bits per heavy atom. The molecule has 1 unspecified atom stereocenters. The Morgan fingerprint density at radius 2 is 1.90 bits per heavy atom. The third-order valence-corrected chi connectivity index (χ3v) is 4.15. The van der Waals surface area contributed by atoms with Gasteiger partial charge in [-0.15, -0.1) is 0 Å². The molecule has 0 saturated carbocycles. The molecule has 4 nitrogen and oxygen atoms in total. The number of ether oxygens (including phenoxy) is 2. The fraction of sp³-hybridized carbons (Fsp3) is 0.625. The molecular weight excluding hydrogens is 254 g/mol. The van der Waals surface area contributed by atoms with E-state index >= 15 is 0 Å². The van der Waals surface area contributed by atoms with Crippen molar-refractivity contribution in [2.45, 2.75) is 38.8 Å². The molecule has 0 amide bonds. The molecule has 20 heavy (non-hydrogen) atoms. The highest BCUT2D eigenvalue weighted by molar-refractivity contribution is 5.42. The molecule has 1 rings (SSSR count). The SMILES string of the molecule is CCC(C)(C)N(C)CC(O)c1ccc(OC)cc1OC. The Bertz CT molecular complexity index is 432. The van der Waals surface area contributed by atoms with Crippen molar-refractivity contribution in [1.29, 1.82) is 0 Å². The Kier molecular flexibility index (Phi) is 5.84. The second-order valence-corrected chi connectivity index (χ2v) is 5.67. The quantitative estimate of drug-likeness (QED) is 0.834. The average Bonchev–Trinajstić information content (AvgIpc) is 2.46. The molecule has 0 aromatic heterocycles. The van der Waals surface area contributed by atoms with E-state index in [-0.39, 0.29) is 5.54 Å². The number of β-amino-alcohol motifs (C(OH)–C–C–N with tert-alkyl or cyclic N) is 1. The van der Waals surface area contributed by atoms with Gasteiger partial charge in [-0.25, -0.2) is 0 Å². The van der Waals surface area contributed by atoms with Gasteiger partial charge >= 0.3 is 0 Å². The summed E-state index contributed by atoms with van der Waals surface area (Å²) in [6.07, 6.45) is 0.433. The summed E-state index contributed by atoms with van der Waals surface area (Å²) in [6.45, 7) is 7.05. The molecule has 0 radical (unpaired) electrons. The first-order valence-corrected chi connectivity index (χ1v) is 6.97. The smallest absolute Gasteiger partial charge is 0.128 e. The summed E-state index contributed by atoms with van der Waals surface area (Å²) in [4.78, 5) is 2.17. The third kappa shape index (κ3) is 3.87. The van der Waals surface area contributed by atoms with Gasteiger partial charge in [-0.1, -0.05) is 6.92 Å². The van der Waals surface area contributed by atoms with Crippen LogP contribution in [0.2, 0.25) is 0 Å². The van der Waals surface area contributed by atoms with Gasteiger partial charge in [0, 0.05) is 23.7 Å². The Balaban J connectivity index is 2.89. The van der Waals surface area contributed by atoms with Crippen LogP contribution in [0.4, 0.5) is 0 Å². The molecule has 1 atom stereocenters. The first-order valence-electron chi connectivity index (χ1n) is 6.97. The Morgan fingerprint density at radius 1 is 1.25 bits per heavy atom. The minimum absolute atomic E-state index is 0.0562. The van der Waals surface area contributed by atoms with Crippen molar-refractivity contribution < 1.29 is 14.6 Å². The summed E-state index contributed by atoms with van der Waals surface area (Å²) in [5.74, 6) is 1.37. The van der Waals surface area contributed by atoms with Crippen molar-refractivity contribution in [2.24, 2.45) is 0 Å². The van der Waals surface area contributed by atoms with Crippen LogP contribution in [0.15, 0.2) is 18.2 Å². The van der Waals surface area contributed by atoms with Gasteiger partial charge in [0.25, 0.3) is 0 Å². The molecule has 0 heterocycles. The lowest BCUT2D eigenvalue weighted by Crippen LogP contribution is -2.42. The summed E-state index contributed by atoms with van der Waals surface area (Å²) >= 11 is 0. The van der Waals surface area contributed by atoms with Crippen LogP contribution in [-0.2, 0) is 0 Å². The number of hydrogen-bond donors (Lipinski definition) is 1. The van der Waals surface area contributed by atoms with E-state index in [1.807, 2.05) is 19.2 Å². The van der Waals surface area contributed by atoms with Crippen LogP contribution in [-0.4, -0.2) is 43.4 Å². The molecule has 114 valence electrons. The fourth-order valence-corrected chi connectivity index (χ4v) is 1.97. The zero-order valence-electron chi connectivity index (χ0n) is 13.4. The number of nitrogens with zero attached hydrogens (tertiary/aromatic N) is 1. The lowest BCUT2D eigenvalue weighted by Gasteiger charge is -2.36. The summed E-state index contributed by atoms with van der Waals surface area (Å²) in [5.41, 5.74) is 0.841. The molecule has 4 heteroatoms. The van der Waals surface area contributed by atoms with Crippen molar-refractivity contribution >= 4 is 0 Å². The zero-order chi connectivity index (χ0) is 15.3. The fourth-order valence-electron chi connectivity index (χ4n) is 1.97. The Hall–Kier alpha value is -1.26. The number of likely N-dealkylation sites (N-methyl/N-ethyl adjacent to an activating group) is 1. The molecule has 1 aromatic carbocycles. The summed E-state index contributed by atoms with van der Waals surface area (Å²) < 4.78 is 10.5. The van der Waals surface area contributed by atoms with Gasteiger partial charge in [0.15, 0.2) is 0 Å². The van der Waals surface area contributed by atoms with E-state index in [0.717, 1.165) is 17.7 Å². The van der Waals surface area contributed by atoms with Crippen molar-refractivity contribution in [1.82, 2.24) is 4.90 Å². The maximum Gasteiger partial charge on any atom is 0.128 e. The van der Waals surface area contributed by atoms with Crippen LogP contribution in [0.3, 0.4) is 0 Å². The van der Waals surface area contributed by atoms with Gasteiger partial charge in [0.1, 0.15) is 11.5 Å². The number of hydrogen-bond acceptors (Lipinski definition) is 4. The standard InChI is InChI=1S/C16H27NO3/c1-7-16(2,3)17(4)11-14(18)13-9-8-12(19-5)10-15(13)20-6/h8-10,14,18H,7,11H2,1-6H3. The molecule has 0 saturated heterocycles. The van der Waals surface area contributed by atoms with E-state index in [4.69, 9.17) is 9.47 Å². The summed E-state index contributed by atoms with van der Waals surface area (Å²) in [7, 11) is 5.25. The van der Waals surface area contributed by atoms with E-state index in [1.165, 1.54) is 0 Å². The minimum Gasteiger partial charge on any atom is -0.497 e. The molecule has 0 bridgehead atoms. The average molecular weight is 281 g/mol. The highest BCUT2D eigenvalue weighted by Gasteiger charge is 2.25. The molecule has 0 fully saturated rings. The Labute approximate surface area is 122 Å². The molecule has 0 spiro atoms. The molecule has 0 aliphatic rings. The number of rotatable bonds is 7. The van der Waals surface area contributed by atoms with Gasteiger partial charge in [-0.3, -0.25) is 4.90 Å². The topological polar surface area (TPSA) is 41.9 Å². The van der Waals surface area contributed by atoms with Gasteiger partial charge in [0.2, 0.25) is 0 Å². The molecule has 0 aliphatic heterocycles. The highest BCUT2D eigenvalue weighted by atomic mass is 16.5. The van der Waals surface area contributed by atoms with E-state index in [9.17, 15) is 5.11 Å². The first-order chi connectivity index (χ1) is 9.35. The molecule has 0 aliphatic carbocycles. The lowest BCUT2D eigenvalue weighted by atomic mass is 9.98. The van der Waals surface area contributed by atoms with Crippen LogP contribution in [0.25, 0.3) is 0 Å². The van der Waals surface area contributed by atoms with Crippen LogP contribution >= 0.6 is 0 Å². The normalized spacial score (nSPS) is 13.4. The highest BCUT2D eigenvalue weighted by Crippen LogP contribution is 2.31. The lowest BCUT2D eigenvalue weighted by molar-refractivity contribution is 0.0672. The second-order valence-electron chi connectivity index (χ2n) is 5.67. The van der Waals surface area contributed by atoms with Crippen LogP contribution in [0.5, 0.6) is 11.5 Å². The van der Waals surface area contributed by atoms with Gasteiger partial charge in [-0.05, 0) is 39.4 Å². The predicted molar refractivity (Wildman–Crippen MR) is 81.5 cm³/mol. The second kappa shape index (κ2) is 6.95. The molecular formula is C16H27NO3. The number of methoxy groups -OCH3 is 2. The number of aliphatic hydroxyl groups is 1. The van der Waals surface area contributed by atoms with E-state index in [0.29, 0.717) is 12.3 Å². The van der Waals surface area contributed by atoms with Crippen LogP contribution in [0.1, 0.15) is 38.9 Å². The third-order valence-electron chi connectivity index (χ3n) is 4.15. The van der Waals surface area contributed by atoms with E-state index < -0.39 is 6.10 Å². The van der Waals surface area contributed by atoms with E-state index in [1.54, 1.807) is 20.3 Å². The summed E-state index contributed by atoms with van der Waals surface area (Å²) in [6, 6.07) is 5.49. The van der Waals surface area contributed by atoms with Crippen molar-refractivity contribution in [2.75, 3.05) is 27.8 Å². The first kappa shape index (κ1) is 16.8. The zero-order valence-corrected chi connectivity index (χ0v) is 13.4. The maximum atomic E-state index is 10.5. The number of aliphatic hydroxyl groups excluding tert-OH is 1.